The molecule has 1 aliphatic heterocycles. The van der Waals surface area contributed by atoms with Crippen LogP contribution in [0.5, 0.6) is 0 Å². The Bertz CT molecular complexity index is 741. The fourth-order valence-corrected chi connectivity index (χ4v) is 2.98. The van der Waals surface area contributed by atoms with E-state index in [0.29, 0.717) is 18.7 Å². The van der Waals surface area contributed by atoms with Crippen LogP contribution in [0, 0.1) is 11.8 Å². The Kier molecular flexibility index (Phi) is 2.85. The zero-order valence-electron chi connectivity index (χ0n) is 11.6. The first-order valence-corrected chi connectivity index (χ1v) is 7.11. The van der Waals surface area contributed by atoms with Crippen LogP contribution >= 0.6 is 0 Å². The van der Waals surface area contributed by atoms with E-state index in [4.69, 9.17) is 0 Å². The number of nitrogens with zero attached hydrogens (tertiary/aromatic N) is 4. The number of hydrogen-bond acceptors (Lipinski definition) is 5. The van der Waals surface area contributed by atoms with E-state index < -0.39 is 0 Å². The summed E-state index contributed by atoms with van der Waals surface area (Å²) in [7, 11) is 0. The van der Waals surface area contributed by atoms with Crippen molar-refractivity contribution in [1.29, 1.82) is 0 Å². The molecule has 0 saturated carbocycles. The van der Waals surface area contributed by atoms with Gasteiger partial charge in [0.25, 0.3) is 5.95 Å². The molecule has 1 saturated heterocycles. The fraction of sp³-hybridized carbons (Fsp3) is 0.267. The van der Waals surface area contributed by atoms with Crippen molar-refractivity contribution < 1.29 is 9.59 Å². The minimum Gasteiger partial charge on any atom is -0.274 e. The molecule has 1 N–H and O–H groups in total. The van der Waals surface area contributed by atoms with Gasteiger partial charge < -0.3 is 0 Å². The van der Waals surface area contributed by atoms with E-state index in [2.05, 4.69) is 20.2 Å². The highest BCUT2D eigenvalue weighted by molar-refractivity contribution is 6.21. The number of allylic oxidation sites excluding steroid dienone is 2. The van der Waals surface area contributed by atoms with Crippen LogP contribution in [0.15, 0.2) is 36.7 Å². The molecule has 2 aliphatic rings. The number of aromatic nitrogens is 4. The average molecular weight is 295 g/mol. The molecule has 2 aromatic rings. The quantitative estimate of drug-likeness (QED) is 0.666. The zero-order valence-corrected chi connectivity index (χ0v) is 11.6. The number of fused-ring (bicyclic) bond motifs is 1. The molecule has 22 heavy (non-hydrogen) atoms. The topological polar surface area (TPSA) is 91.8 Å². The Labute approximate surface area is 126 Å². The Morgan fingerprint density at radius 2 is 1.86 bits per heavy atom. The molecule has 4 rings (SSSR count). The Morgan fingerprint density at radius 1 is 1.14 bits per heavy atom. The number of hydrogen-bond donors (Lipinski definition) is 1. The van der Waals surface area contributed by atoms with E-state index in [1.54, 1.807) is 18.5 Å². The number of pyridine rings is 1. The molecule has 2 atom stereocenters. The summed E-state index contributed by atoms with van der Waals surface area (Å²) in [4.78, 5) is 34.3. The van der Waals surface area contributed by atoms with Gasteiger partial charge in [0.15, 0.2) is 5.82 Å². The predicted octanol–water partition coefficient (Wildman–Crippen LogP) is 1.32. The van der Waals surface area contributed by atoms with Gasteiger partial charge in [0, 0.05) is 18.0 Å². The van der Waals surface area contributed by atoms with Crippen LogP contribution < -0.4 is 4.90 Å². The molecule has 2 aromatic heterocycles. The monoisotopic (exact) mass is 295 g/mol. The third-order valence-corrected chi connectivity index (χ3v) is 4.12. The molecule has 110 valence electrons. The second-order valence-corrected chi connectivity index (χ2v) is 5.39. The number of aromatic amines is 1. The molecule has 1 fully saturated rings. The van der Waals surface area contributed by atoms with Gasteiger partial charge in [-0.3, -0.25) is 19.7 Å². The van der Waals surface area contributed by atoms with E-state index in [1.165, 1.54) is 0 Å². The highest BCUT2D eigenvalue weighted by atomic mass is 16.2. The van der Waals surface area contributed by atoms with Crippen molar-refractivity contribution in [1.82, 2.24) is 20.2 Å². The number of nitrogens with one attached hydrogen (secondary N) is 1. The standard InChI is InChI=1S/C15H13N5O2/c21-13-10-5-1-2-6-11(10)14(22)20(13)15-17-12(18-19-15)9-4-3-7-16-8-9/h1-4,7-8,10-11H,5-6H2,(H,17,18,19). The number of anilines is 1. The Balaban J connectivity index is 1.67. The molecular weight excluding hydrogens is 282 g/mol. The van der Waals surface area contributed by atoms with Gasteiger partial charge in [-0.15, -0.1) is 5.10 Å². The second kappa shape index (κ2) is 4.87. The van der Waals surface area contributed by atoms with E-state index >= 15 is 0 Å². The number of H-pyrrole nitrogens is 1. The second-order valence-electron chi connectivity index (χ2n) is 5.39. The van der Waals surface area contributed by atoms with Gasteiger partial charge in [0.05, 0.1) is 11.8 Å². The molecule has 3 heterocycles. The molecule has 0 aromatic carbocycles. The molecule has 7 heteroatoms. The van der Waals surface area contributed by atoms with Gasteiger partial charge in [0.1, 0.15) is 0 Å². The smallest absolute Gasteiger partial charge is 0.258 e. The third kappa shape index (κ3) is 1.86. The van der Waals surface area contributed by atoms with Crippen molar-refractivity contribution in [3.05, 3.63) is 36.7 Å². The van der Waals surface area contributed by atoms with Crippen LogP contribution in [0.2, 0.25) is 0 Å². The third-order valence-electron chi connectivity index (χ3n) is 4.12. The number of imide groups is 1. The molecule has 0 bridgehead atoms. The summed E-state index contributed by atoms with van der Waals surface area (Å²) < 4.78 is 0. The predicted molar refractivity (Wildman–Crippen MR) is 77.5 cm³/mol. The van der Waals surface area contributed by atoms with Crippen molar-refractivity contribution in [2.45, 2.75) is 12.8 Å². The van der Waals surface area contributed by atoms with Gasteiger partial charge in [-0.05, 0) is 25.0 Å². The molecule has 2 amide bonds. The lowest BCUT2D eigenvalue weighted by Crippen LogP contribution is -2.31. The van der Waals surface area contributed by atoms with Crippen LogP contribution in [-0.4, -0.2) is 32.0 Å². The summed E-state index contributed by atoms with van der Waals surface area (Å²) in [6.07, 6.45) is 8.41. The highest BCUT2D eigenvalue weighted by Crippen LogP contribution is 2.36. The van der Waals surface area contributed by atoms with Gasteiger partial charge in [-0.25, -0.2) is 4.90 Å². The van der Waals surface area contributed by atoms with Crippen molar-refractivity contribution in [2.24, 2.45) is 11.8 Å². The van der Waals surface area contributed by atoms with E-state index in [1.807, 2.05) is 18.2 Å². The van der Waals surface area contributed by atoms with Gasteiger partial charge in [-0.2, -0.15) is 4.98 Å². The maximum Gasteiger partial charge on any atom is 0.258 e. The normalized spacial score (nSPS) is 23.9. The minimum absolute atomic E-state index is 0.114. The van der Waals surface area contributed by atoms with Crippen molar-refractivity contribution in [2.75, 3.05) is 4.90 Å². The number of amides is 2. The van der Waals surface area contributed by atoms with Gasteiger partial charge in [-0.1, -0.05) is 12.2 Å². The first-order valence-electron chi connectivity index (χ1n) is 7.11. The fourth-order valence-electron chi connectivity index (χ4n) is 2.98. The lowest BCUT2D eigenvalue weighted by atomic mass is 9.85. The molecule has 7 nitrogen and oxygen atoms in total. The molecule has 0 radical (unpaired) electrons. The Hall–Kier alpha value is -2.83. The molecular formula is C15H13N5O2. The lowest BCUT2D eigenvalue weighted by molar-refractivity contribution is -0.122. The summed E-state index contributed by atoms with van der Waals surface area (Å²) >= 11 is 0. The minimum atomic E-state index is -0.280. The summed E-state index contributed by atoms with van der Waals surface area (Å²) in [5.41, 5.74) is 0.749. The maximum absolute atomic E-state index is 12.5. The Morgan fingerprint density at radius 3 is 2.50 bits per heavy atom. The molecule has 1 aliphatic carbocycles. The van der Waals surface area contributed by atoms with E-state index in [-0.39, 0.29) is 29.6 Å². The van der Waals surface area contributed by atoms with Gasteiger partial charge in [0.2, 0.25) is 11.8 Å². The van der Waals surface area contributed by atoms with Crippen LogP contribution in [0.25, 0.3) is 11.4 Å². The van der Waals surface area contributed by atoms with Crippen LogP contribution in [0.3, 0.4) is 0 Å². The van der Waals surface area contributed by atoms with Crippen LogP contribution in [0.1, 0.15) is 12.8 Å². The number of carbonyl (C=O) groups is 2. The average Bonchev–Trinajstić information content (AvgIpc) is 3.13. The SMILES string of the molecule is O=C1C2CC=CCC2C(=O)N1c1n[nH]c(-c2cccnc2)n1. The molecule has 0 spiro atoms. The first kappa shape index (κ1) is 12.9. The van der Waals surface area contributed by atoms with Crippen LogP contribution in [-0.2, 0) is 9.59 Å². The zero-order chi connectivity index (χ0) is 15.1. The summed E-state index contributed by atoms with van der Waals surface area (Å²) in [5, 5.41) is 6.79. The van der Waals surface area contributed by atoms with E-state index in [0.717, 1.165) is 10.5 Å². The maximum atomic E-state index is 12.5. The van der Waals surface area contributed by atoms with Crippen molar-refractivity contribution in [3.8, 4) is 11.4 Å². The lowest BCUT2D eigenvalue weighted by Gasteiger charge is -2.14. The summed E-state index contributed by atoms with van der Waals surface area (Å²) in [6, 6.07) is 3.61. The number of rotatable bonds is 2. The highest BCUT2D eigenvalue weighted by Gasteiger charge is 2.49. The van der Waals surface area contributed by atoms with Crippen molar-refractivity contribution >= 4 is 17.8 Å². The van der Waals surface area contributed by atoms with Crippen molar-refractivity contribution in [3.63, 3.8) is 0 Å². The van der Waals surface area contributed by atoms with E-state index in [9.17, 15) is 9.59 Å². The largest absolute Gasteiger partial charge is 0.274 e. The van der Waals surface area contributed by atoms with Crippen LogP contribution in [0.4, 0.5) is 5.95 Å². The number of carbonyl (C=O) groups excluding carboxylic acids is 2. The summed E-state index contributed by atoms with van der Waals surface area (Å²) in [6.45, 7) is 0. The molecule has 2 unspecified atom stereocenters. The summed E-state index contributed by atoms with van der Waals surface area (Å²) in [5.74, 6) is -0.386. The first-order chi connectivity index (χ1) is 10.8. The van der Waals surface area contributed by atoms with Gasteiger partial charge >= 0.3 is 0 Å².